The van der Waals surface area contributed by atoms with E-state index in [0.29, 0.717) is 0 Å². The molecule has 0 aliphatic heterocycles. The number of hydrogen-bond donors (Lipinski definition) is 1. The van der Waals surface area contributed by atoms with Gasteiger partial charge in [-0.15, -0.1) is 0 Å². The number of nitro groups is 1. The molecule has 0 radical (unpaired) electrons. The van der Waals surface area contributed by atoms with Crippen molar-refractivity contribution in [3.05, 3.63) is 10.1 Å². The standard InChI is InChI=1S/C3H4Br3NO3/c4-3(5,6)2(8)1-7(9)10/h2,8H,1H2. The average molecular weight is 342 g/mol. The molecule has 10 heavy (non-hydrogen) atoms. The molecule has 4 nitrogen and oxygen atoms in total. The SMILES string of the molecule is O=[N+]([O-])CC(O)C(Br)(Br)Br. The molecule has 0 aliphatic rings. The van der Waals surface area contributed by atoms with Crippen LogP contribution in [0.4, 0.5) is 0 Å². The molecule has 1 atom stereocenters. The molecule has 0 aromatic carbocycles. The number of alkyl halides is 3. The highest BCUT2D eigenvalue weighted by molar-refractivity contribution is 9.39. The van der Waals surface area contributed by atoms with Gasteiger partial charge >= 0.3 is 0 Å². The monoisotopic (exact) mass is 339 g/mol. The molecule has 0 amide bonds. The summed E-state index contributed by atoms with van der Waals surface area (Å²) in [7, 11) is 0. The van der Waals surface area contributed by atoms with E-state index >= 15 is 0 Å². The van der Waals surface area contributed by atoms with Crippen LogP contribution in [0.1, 0.15) is 0 Å². The van der Waals surface area contributed by atoms with E-state index in [4.69, 9.17) is 5.11 Å². The van der Waals surface area contributed by atoms with E-state index in [1.54, 1.807) is 0 Å². The molecule has 7 heteroatoms. The smallest absolute Gasteiger partial charge is 0.232 e. The van der Waals surface area contributed by atoms with Gasteiger partial charge in [-0.1, -0.05) is 47.8 Å². The minimum atomic E-state index is -1.11. The van der Waals surface area contributed by atoms with E-state index in [9.17, 15) is 10.1 Å². The minimum absolute atomic E-state index is 0.512. The lowest BCUT2D eigenvalue weighted by molar-refractivity contribution is -0.489. The third kappa shape index (κ3) is 4.59. The maximum absolute atomic E-state index is 9.84. The fourth-order valence-electron chi connectivity index (χ4n) is 0.245. The second kappa shape index (κ2) is 3.99. The molecule has 0 aromatic rings. The Kier molecular flexibility index (Phi) is 4.30. The molecule has 60 valence electrons. The summed E-state index contributed by atoms with van der Waals surface area (Å²) in [5.41, 5.74) is 0. The van der Waals surface area contributed by atoms with Gasteiger partial charge in [0.1, 0.15) is 0 Å². The van der Waals surface area contributed by atoms with E-state index < -0.39 is 19.7 Å². The highest BCUT2D eigenvalue weighted by Crippen LogP contribution is 2.36. The molecule has 1 unspecified atom stereocenters. The number of aliphatic hydroxyl groups is 1. The van der Waals surface area contributed by atoms with Crippen LogP contribution < -0.4 is 0 Å². The van der Waals surface area contributed by atoms with Crippen LogP contribution in [0.5, 0.6) is 0 Å². The van der Waals surface area contributed by atoms with Crippen molar-refractivity contribution in [1.82, 2.24) is 0 Å². The number of halogens is 3. The molecule has 0 fully saturated rings. The van der Waals surface area contributed by atoms with Crippen LogP contribution in [0.25, 0.3) is 0 Å². The molecular formula is C3H4Br3NO3. The zero-order chi connectivity index (χ0) is 8.36. The lowest BCUT2D eigenvalue weighted by Crippen LogP contribution is -2.31. The molecule has 0 saturated heterocycles. The molecule has 1 N–H and O–H groups in total. The van der Waals surface area contributed by atoms with Crippen LogP contribution in [0.15, 0.2) is 0 Å². The summed E-state index contributed by atoms with van der Waals surface area (Å²) < 4.78 is -0.958. The molecule has 0 aliphatic carbocycles. The van der Waals surface area contributed by atoms with E-state index in [1.165, 1.54) is 0 Å². The van der Waals surface area contributed by atoms with Gasteiger partial charge in [0.05, 0.1) is 0 Å². The first-order valence-electron chi connectivity index (χ1n) is 2.20. The summed E-state index contributed by atoms with van der Waals surface area (Å²) >= 11 is 8.85. The third-order valence-corrected chi connectivity index (χ3v) is 2.29. The van der Waals surface area contributed by atoms with Gasteiger partial charge in [-0.2, -0.15) is 0 Å². The highest BCUT2D eigenvalue weighted by atomic mass is 80.0. The second-order valence-corrected chi connectivity index (χ2v) is 8.52. The Hall–Kier alpha value is 0.800. The van der Waals surface area contributed by atoms with Crippen molar-refractivity contribution in [2.24, 2.45) is 0 Å². The molecule has 0 aromatic heterocycles. The molecule has 0 rings (SSSR count). The van der Waals surface area contributed by atoms with Crippen LogP contribution in [0.3, 0.4) is 0 Å². The van der Waals surface area contributed by atoms with E-state index in [2.05, 4.69) is 47.8 Å². The fourth-order valence-corrected chi connectivity index (χ4v) is 0.679. The zero-order valence-corrected chi connectivity index (χ0v) is 9.39. The van der Waals surface area contributed by atoms with Gasteiger partial charge in [-0.05, 0) is 0 Å². The summed E-state index contributed by atoms with van der Waals surface area (Å²) in [5, 5.41) is 18.8. The minimum Gasteiger partial charge on any atom is -0.383 e. The quantitative estimate of drug-likeness (QED) is 0.470. The van der Waals surface area contributed by atoms with Gasteiger partial charge in [-0.3, -0.25) is 10.1 Å². The summed E-state index contributed by atoms with van der Waals surface area (Å²) in [4.78, 5) is 9.25. The molecular weight excluding hydrogens is 338 g/mol. The maximum atomic E-state index is 9.84. The van der Waals surface area contributed by atoms with Crippen molar-refractivity contribution < 1.29 is 10.0 Å². The Morgan fingerprint density at radius 1 is 1.60 bits per heavy atom. The Labute approximate surface area is 82.5 Å². The van der Waals surface area contributed by atoms with E-state index in [1.807, 2.05) is 0 Å². The van der Waals surface area contributed by atoms with Crippen molar-refractivity contribution in [3.8, 4) is 0 Å². The van der Waals surface area contributed by atoms with Gasteiger partial charge in [0.2, 0.25) is 6.54 Å². The van der Waals surface area contributed by atoms with E-state index in [0.717, 1.165) is 0 Å². The predicted octanol–water partition coefficient (Wildman–Crippen LogP) is 1.46. The Bertz CT molecular complexity index is 133. The average Bonchev–Trinajstić information content (AvgIpc) is 1.60. The highest BCUT2D eigenvalue weighted by Gasteiger charge is 2.32. The van der Waals surface area contributed by atoms with Gasteiger partial charge in [0.15, 0.2) is 8.25 Å². The summed E-state index contributed by atoms with van der Waals surface area (Å²) in [6, 6.07) is 0. The van der Waals surface area contributed by atoms with Crippen LogP contribution >= 0.6 is 47.8 Å². The Balaban J connectivity index is 3.85. The first-order valence-corrected chi connectivity index (χ1v) is 4.58. The number of aliphatic hydroxyl groups excluding tert-OH is 1. The van der Waals surface area contributed by atoms with Crippen LogP contribution in [0.2, 0.25) is 0 Å². The molecule has 0 saturated carbocycles. The lowest BCUT2D eigenvalue weighted by Gasteiger charge is -2.15. The fraction of sp³-hybridized carbons (Fsp3) is 1.00. The van der Waals surface area contributed by atoms with Gasteiger partial charge < -0.3 is 5.11 Å². The van der Waals surface area contributed by atoms with Crippen molar-refractivity contribution in [2.75, 3.05) is 6.54 Å². The number of nitrogens with zero attached hydrogens (tertiary/aromatic N) is 1. The summed E-state index contributed by atoms with van der Waals surface area (Å²) in [6.45, 7) is -0.512. The maximum Gasteiger partial charge on any atom is 0.232 e. The Morgan fingerprint density at radius 3 is 2.10 bits per heavy atom. The topological polar surface area (TPSA) is 63.4 Å². The van der Waals surface area contributed by atoms with Crippen molar-refractivity contribution in [1.29, 1.82) is 0 Å². The van der Waals surface area contributed by atoms with Gasteiger partial charge in [0, 0.05) is 4.92 Å². The Morgan fingerprint density at radius 2 is 2.00 bits per heavy atom. The van der Waals surface area contributed by atoms with Crippen LogP contribution in [-0.2, 0) is 0 Å². The lowest BCUT2D eigenvalue weighted by atomic mass is 10.4. The first kappa shape index (κ1) is 10.8. The van der Waals surface area contributed by atoms with Crippen molar-refractivity contribution >= 4 is 47.8 Å². The number of hydrogen-bond acceptors (Lipinski definition) is 3. The molecule has 0 bridgehead atoms. The summed E-state index contributed by atoms with van der Waals surface area (Å²) in [6.07, 6.45) is -1.11. The second-order valence-electron chi connectivity index (χ2n) is 1.57. The number of rotatable bonds is 2. The van der Waals surface area contributed by atoms with E-state index in [-0.39, 0.29) is 0 Å². The zero-order valence-electron chi connectivity index (χ0n) is 4.63. The van der Waals surface area contributed by atoms with Crippen LogP contribution in [0, 0.1) is 10.1 Å². The largest absolute Gasteiger partial charge is 0.383 e. The van der Waals surface area contributed by atoms with Gasteiger partial charge in [-0.25, -0.2) is 0 Å². The predicted molar refractivity (Wildman–Crippen MR) is 47.4 cm³/mol. The molecule has 0 spiro atoms. The van der Waals surface area contributed by atoms with Gasteiger partial charge in [0.25, 0.3) is 0 Å². The normalized spacial score (nSPS) is 14.8. The summed E-state index contributed by atoms with van der Waals surface area (Å²) in [5.74, 6) is 0. The third-order valence-electron chi connectivity index (χ3n) is 0.700. The van der Waals surface area contributed by atoms with Crippen molar-refractivity contribution in [3.63, 3.8) is 0 Å². The first-order chi connectivity index (χ1) is 4.34. The van der Waals surface area contributed by atoms with Crippen molar-refractivity contribution in [2.45, 2.75) is 8.25 Å². The van der Waals surface area contributed by atoms with Crippen LogP contribution in [-0.4, -0.2) is 24.8 Å². The molecule has 0 heterocycles.